The Kier molecular flexibility index (Phi) is 6.00. The number of likely N-dealkylation sites (tertiary alicyclic amines) is 1. The van der Waals surface area contributed by atoms with Crippen LogP contribution in [0.3, 0.4) is 0 Å². The molecule has 0 unspecified atom stereocenters. The maximum absolute atomic E-state index is 12.6. The van der Waals surface area contributed by atoms with E-state index >= 15 is 0 Å². The molecule has 0 aromatic heterocycles. The first-order chi connectivity index (χ1) is 13.8. The van der Waals surface area contributed by atoms with Gasteiger partial charge in [-0.3, -0.25) is 19.3 Å². The van der Waals surface area contributed by atoms with E-state index in [1.807, 2.05) is 12.2 Å². The molecule has 2 aliphatic rings. The molecule has 1 heterocycles. The van der Waals surface area contributed by atoms with Gasteiger partial charge >= 0.3 is 5.97 Å². The second kappa shape index (κ2) is 8.46. The molecule has 3 rings (SSSR count). The van der Waals surface area contributed by atoms with Crippen LogP contribution in [0.25, 0.3) is 0 Å². The van der Waals surface area contributed by atoms with Gasteiger partial charge in [0.25, 0.3) is 5.91 Å². The monoisotopic (exact) mass is 400 g/mol. The molecule has 4 atom stereocenters. The lowest BCUT2D eigenvalue weighted by Crippen LogP contribution is -2.46. The fourth-order valence-corrected chi connectivity index (χ4v) is 3.62. The first-order valence-corrected chi connectivity index (χ1v) is 9.51. The topological polar surface area (TPSA) is 102 Å². The number of fused-ring (bicyclic) bond motifs is 1. The number of ether oxygens (including phenoxy) is 2. The highest BCUT2D eigenvalue weighted by atomic mass is 16.5. The van der Waals surface area contributed by atoms with E-state index in [2.05, 4.69) is 5.32 Å². The quantitative estimate of drug-likeness (QED) is 0.445. The Morgan fingerprint density at radius 3 is 2.24 bits per heavy atom. The zero-order chi connectivity index (χ0) is 21.1. The molecule has 0 bridgehead atoms. The molecule has 3 amide bonds. The summed E-state index contributed by atoms with van der Waals surface area (Å²) < 4.78 is 10.4. The number of nitrogens with one attached hydrogen (secondary N) is 1. The van der Waals surface area contributed by atoms with E-state index in [-0.39, 0.29) is 11.8 Å². The number of nitrogens with zero attached hydrogens (tertiary/aromatic N) is 1. The average Bonchev–Trinajstić information content (AvgIpc) is 2.98. The molecule has 1 aliphatic heterocycles. The van der Waals surface area contributed by atoms with Gasteiger partial charge in [-0.15, -0.1) is 0 Å². The lowest BCUT2D eigenvalue weighted by atomic mass is 9.85. The Balaban J connectivity index is 1.62. The molecular weight excluding hydrogens is 376 g/mol. The van der Waals surface area contributed by atoms with Gasteiger partial charge in [-0.2, -0.15) is 0 Å². The smallest absolute Gasteiger partial charge is 0.329 e. The number of rotatable bonds is 6. The Labute approximate surface area is 168 Å². The fourth-order valence-electron chi connectivity index (χ4n) is 3.62. The van der Waals surface area contributed by atoms with Crippen molar-refractivity contribution in [2.75, 3.05) is 12.4 Å². The van der Waals surface area contributed by atoms with Crippen molar-refractivity contribution >= 4 is 29.4 Å². The summed E-state index contributed by atoms with van der Waals surface area (Å²) in [5.41, 5.74) is 0.442. The molecule has 1 aromatic rings. The summed E-state index contributed by atoms with van der Waals surface area (Å²) >= 11 is 0. The number of hydrogen-bond acceptors (Lipinski definition) is 6. The fraction of sp³-hybridized carbons (Fsp3) is 0.429. The molecule has 1 saturated heterocycles. The van der Waals surface area contributed by atoms with Gasteiger partial charge in [0.15, 0.2) is 6.10 Å². The minimum Gasteiger partial charge on any atom is -0.495 e. The maximum atomic E-state index is 12.6. The molecule has 1 fully saturated rings. The zero-order valence-corrected chi connectivity index (χ0v) is 16.6. The van der Waals surface area contributed by atoms with E-state index in [0.717, 1.165) is 4.90 Å². The third kappa shape index (κ3) is 4.01. The first-order valence-electron chi connectivity index (χ1n) is 9.51. The standard InChI is InChI=1S/C21H24N2O6/c1-12(23-19(25)14-8-4-5-9-15(14)20(23)26)21(27)29-13(2)18(24)22-16-10-6-7-11-17(16)28-3/h4-7,10-15H,8-9H2,1-3H3,(H,22,24)/t12-,13-,14+,15+/m0/s1. The van der Waals surface area contributed by atoms with E-state index in [0.29, 0.717) is 24.3 Å². The summed E-state index contributed by atoms with van der Waals surface area (Å²) in [5, 5.41) is 2.64. The average molecular weight is 400 g/mol. The third-order valence-electron chi connectivity index (χ3n) is 5.30. The van der Waals surface area contributed by atoms with Crippen LogP contribution in [0, 0.1) is 11.8 Å². The van der Waals surface area contributed by atoms with Crippen molar-refractivity contribution in [1.82, 2.24) is 4.90 Å². The van der Waals surface area contributed by atoms with E-state index in [1.54, 1.807) is 24.3 Å². The molecule has 0 spiro atoms. The van der Waals surface area contributed by atoms with Crippen molar-refractivity contribution in [2.45, 2.75) is 38.8 Å². The summed E-state index contributed by atoms with van der Waals surface area (Å²) in [5.74, 6) is -2.45. The third-order valence-corrected chi connectivity index (χ3v) is 5.30. The summed E-state index contributed by atoms with van der Waals surface area (Å²) in [4.78, 5) is 51.1. The van der Waals surface area contributed by atoms with E-state index in [1.165, 1.54) is 21.0 Å². The Bertz CT molecular complexity index is 838. The number of carbonyl (C=O) groups excluding carboxylic acids is 4. The number of amides is 3. The molecular formula is C21H24N2O6. The summed E-state index contributed by atoms with van der Waals surface area (Å²) in [6.07, 6.45) is 3.62. The van der Waals surface area contributed by atoms with Crippen LogP contribution >= 0.6 is 0 Å². The minimum atomic E-state index is -1.12. The summed E-state index contributed by atoms with van der Waals surface area (Å²) in [7, 11) is 1.48. The second-order valence-corrected chi connectivity index (χ2v) is 7.15. The van der Waals surface area contributed by atoms with E-state index in [4.69, 9.17) is 9.47 Å². The van der Waals surface area contributed by atoms with Gasteiger partial charge in [-0.05, 0) is 38.8 Å². The maximum Gasteiger partial charge on any atom is 0.329 e. The van der Waals surface area contributed by atoms with E-state index < -0.39 is 35.9 Å². The van der Waals surface area contributed by atoms with Crippen LogP contribution < -0.4 is 10.1 Å². The van der Waals surface area contributed by atoms with Crippen molar-refractivity contribution in [2.24, 2.45) is 11.8 Å². The van der Waals surface area contributed by atoms with Crippen LogP contribution in [0.15, 0.2) is 36.4 Å². The van der Waals surface area contributed by atoms with Gasteiger partial charge in [0.1, 0.15) is 11.8 Å². The molecule has 8 nitrogen and oxygen atoms in total. The van der Waals surface area contributed by atoms with Crippen molar-refractivity contribution in [1.29, 1.82) is 0 Å². The SMILES string of the molecule is COc1ccccc1NC(=O)[C@H](C)OC(=O)[C@H](C)N1C(=O)[C@@H]2CC=CC[C@H]2C1=O. The highest BCUT2D eigenvalue weighted by molar-refractivity contribution is 6.08. The number of esters is 1. The summed E-state index contributed by atoms with van der Waals surface area (Å²) in [6, 6.07) is 5.74. The normalized spacial score (nSPS) is 22.7. The van der Waals surface area contributed by atoms with Crippen molar-refractivity contribution in [3.63, 3.8) is 0 Å². The highest BCUT2D eigenvalue weighted by Crippen LogP contribution is 2.36. The van der Waals surface area contributed by atoms with Crippen LogP contribution in [0.2, 0.25) is 0 Å². The molecule has 1 aromatic carbocycles. The Hall–Kier alpha value is -3.16. The van der Waals surface area contributed by atoms with Gasteiger partial charge in [0.05, 0.1) is 24.6 Å². The molecule has 0 radical (unpaired) electrons. The number of benzene rings is 1. The molecule has 29 heavy (non-hydrogen) atoms. The Morgan fingerprint density at radius 2 is 1.66 bits per heavy atom. The van der Waals surface area contributed by atoms with E-state index in [9.17, 15) is 19.2 Å². The van der Waals surface area contributed by atoms with Gasteiger partial charge in [-0.1, -0.05) is 24.3 Å². The lowest BCUT2D eigenvalue weighted by Gasteiger charge is -2.23. The first kappa shape index (κ1) is 20.6. The minimum absolute atomic E-state index is 0.361. The number of methoxy groups -OCH3 is 1. The van der Waals surface area contributed by atoms with Crippen LogP contribution in [0.5, 0.6) is 5.75 Å². The number of carbonyl (C=O) groups is 4. The van der Waals surface area contributed by atoms with Crippen LogP contribution in [-0.4, -0.2) is 47.8 Å². The number of hydrogen-bond donors (Lipinski definition) is 1. The molecule has 1 aliphatic carbocycles. The zero-order valence-electron chi connectivity index (χ0n) is 16.6. The number of allylic oxidation sites excluding steroid dienone is 2. The number of imide groups is 1. The predicted octanol–water partition coefficient (Wildman–Crippen LogP) is 1.91. The van der Waals surface area contributed by atoms with Gasteiger partial charge in [0.2, 0.25) is 11.8 Å². The van der Waals surface area contributed by atoms with Crippen molar-refractivity contribution in [3.8, 4) is 5.75 Å². The van der Waals surface area contributed by atoms with Gasteiger partial charge in [0, 0.05) is 0 Å². The summed E-state index contributed by atoms with van der Waals surface area (Å²) in [6.45, 7) is 2.86. The highest BCUT2D eigenvalue weighted by Gasteiger charge is 2.50. The van der Waals surface area contributed by atoms with Crippen molar-refractivity contribution < 1.29 is 28.7 Å². The second-order valence-electron chi connectivity index (χ2n) is 7.15. The van der Waals surface area contributed by atoms with Gasteiger partial charge in [-0.25, -0.2) is 4.79 Å². The number of para-hydroxylation sites is 2. The molecule has 8 heteroatoms. The largest absolute Gasteiger partial charge is 0.495 e. The predicted molar refractivity (Wildman–Crippen MR) is 104 cm³/mol. The van der Waals surface area contributed by atoms with Gasteiger partial charge < -0.3 is 14.8 Å². The number of anilines is 1. The van der Waals surface area contributed by atoms with Crippen LogP contribution in [0.4, 0.5) is 5.69 Å². The van der Waals surface area contributed by atoms with Crippen LogP contribution in [-0.2, 0) is 23.9 Å². The molecule has 154 valence electrons. The Morgan fingerprint density at radius 1 is 1.07 bits per heavy atom. The van der Waals surface area contributed by atoms with Crippen molar-refractivity contribution in [3.05, 3.63) is 36.4 Å². The van der Waals surface area contributed by atoms with Crippen LogP contribution in [0.1, 0.15) is 26.7 Å². The molecule has 1 N–H and O–H groups in total. The molecule has 0 saturated carbocycles. The lowest BCUT2D eigenvalue weighted by molar-refractivity contribution is -0.163.